The van der Waals surface area contributed by atoms with Crippen molar-refractivity contribution in [1.29, 1.82) is 5.26 Å². The number of nitrogens with zero attached hydrogens (tertiary/aromatic N) is 1. The standard InChI is InChI=1S/C14H14N4O4S/c1-6(19)16-14-8(4-7(5-15)23-14)11(20)17-9-2-3-10-13(22-10)18-12(9)21/h4,9-10,13H,2-3H2,1H3,(H,16,19)(H,17,20)(H,18,21). The number of carbonyl (C=O) groups is 3. The molecule has 3 rings (SSSR count). The average molecular weight is 334 g/mol. The van der Waals surface area contributed by atoms with E-state index < -0.39 is 11.9 Å². The van der Waals surface area contributed by atoms with E-state index in [-0.39, 0.29) is 29.7 Å². The van der Waals surface area contributed by atoms with Crippen LogP contribution in [0.3, 0.4) is 0 Å². The van der Waals surface area contributed by atoms with Gasteiger partial charge in [-0.05, 0) is 18.9 Å². The van der Waals surface area contributed by atoms with Gasteiger partial charge < -0.3 is 20.7 Å². The first-order valence-corrected chi connectivity index (χ1v) is 7.88. The van der Waals surface area contributed by atoms with E-state index in [2.05, 4.69) is 16.0 Å². The molecule has 2 saturated heterocycles. The van der Waals surface area contributed by atoms with Crippen LogP contribution in [0.4, 0.5) is 5.00 Å². The number of fused-ring (bicyclic) bond motifs is 1. The SMILES string of the molecule is CC(=O)Nc1sc(C#N)cc1C(=O)NC1CCC2OC2NC1=O. The molecule has 8 nitrogen and oxygen atoms in total. The molecule has 3 amide bonds. The lowest BCUT2D eigenvalue weighted by atomic mass is 10.1. The Hall–Kier alpha value is -2.44. The number of anilines is 1. The van der Waals surface area contributed by atoms with Crippen molar-refractivity contribution < 1.29 is 19.1 Å². The van der Waals surface area contributed by atoms with Gasteiger partial charge in [-0.15, -0.1) is 11.3 Å². The van der Waals surface area contributed by atoms with Crippen LogP contribution in [0.1, 0.15) is 35.0 Å². The maximum atomic E-state index is 12.4. The Morgan fingerprint density at radius 3 is 2.96 bits per heavy atom. The summed E-state index contributed by atoms with van der Waals surface area (Å²) in [7, 11) is 0. The minimum Gasteiger partial charge on any atom is -0.348 e. The van der Waals surface area contributed by atoms with Crippen LogP contribution < -0.4 is 16.0 Å². The third kappa shape index (κ3) is 3.33. The van der Waals surface area contributed by atoms with Crippen LogP contribution in [0.2, 0.25) is 0 Å². The zero-order valence-corrected chi connectivity index (χ0v) is 13.0. The quantitative estimate of drug-likeness (QED) is 0.686. The summed E-state index contributed by atoms with van der Waals surface area (Å²) in [6.45, 7) is 1.32. The number of thiophene rings is 1. The number of ether oxygens (including phenoxy) is 1. The van der Waals surface area contributed by atoms with Crippen LogP contribution >= 0.6 is 11.3 Å². The Balaban J connectivity index is 1.74. The van der Waals surface area contributed by atoms with Gasteiger partial charge in [0.15, 0.2) is 6.23 Å². The molecule has 3 unspecified atom stereocenters. The smallest absolute Gasteiger partial charge is 0.254 e. The van der Waals surface area contributed by atoms with Gasteiger partial charge in [0.2, 0.25) is 11.8 Å². The fraction of sp³-hybridized carbons (Fsp3) is 0.429. The van der Waals surface area contributed by atoms with Crippen LogP contribution in [0, 0.1) is 11.3 Å². The molecule has 23 heavy (non-hydrogen) atoms. The Morgan fingerprint density at radius 2 is 2.26 bits per heavy atom. The van der Waals surface area contributed by atoms with Gasteiger partial charge >= 0.3 is 0 Å². The van der Waals surface area contributed by atoms with Gasteiger partial charge in [-0.2, -0.15) is 5.26 Å². The largest absolute Gasteiger partial charge is 0.348 e. The number of carbonyl (C=O) groups excluding carboxylic acids is 3. The van der Waals surface area contributed by atoms with Crippen molar-refractivity contribution in [3.8, 4) is 6.07 Å². The molecule has 0 spiro atoms. The van der Waals surface area contributed by atoms with Gasteiger partial charge in [0.1, 0.15) is 28.1 Å². The molecule has 1 aromatic heterocycles. The number of epoxide rings is 1. The Kier molecular flexibility index (Phi) is 4.02. The number of amides is 3. The highest BCUT2D eigenvalue weighted by Gasteiger charge is 2.44. The molecule has 0 saturated carbocycles. The predicted molar refractivity (Wildman–Crippen MR) is 80.6 cm³/mol. The summed E-state index contributed by atoms with van der Waals surface area (Å²) >= 11 is 1.02. The van der Waals surface area contributed by atoms with E-state index in [4.69, 9.17) is 10.00 Å². The fourth-order valence-electron chi connectivity index (χ4n) is 2.43. The molecule has 3 heterocycles. The van der Waals surface area contributed by atoms with Gasteiger partial charge in [-0.25, -0.2) is 0 Å². The molecule has 120 valence electrons. The molecule has 0 aromatic carbocycles. The predicted octanol–water partition coefficient (Wildman–Crippen LogP) is 0.311. The zero-order chi connectivity index (χ0) is 16.6. The molecule has 2 aliphatic heterocycles. The van der Waals surface area contributed by atoms with E-state index in [0.717, 1.165) is 11.3 Å². The third-order valence-electron chi connectivity index (χ3n) is 3.61. The molecule has 1 aromatic rings. The van der Waals surface area contributed by atoms with Crippen LogP contribution in [0.25, 0.3) is 0 Å². The Bertz CT molecular complexity index is 723. The summed E-state index contributed by atoms with van der Waals surface area (Å²) in [5.41, 5.74) is 0.181. The van der Waals surface area contributed by atoms with E-state index in [1.807, 2.05) is 6.07 Å². The molecular weight excluding hydrogens is 320 g/mol. The van der Waals surface area contributed by atoms with Crippen molar-refractivity contribution in [1.82, 2.24) is 10.6 Å². The van der Waals surface area contributed by atoms with Crippen LogP contribution in [0.15, 0.2) is 6.07 Å². The lowest BCUT2D eigenvalue weighted by Gasteiger charge is -2.16. The van der Waals surface area contributed by atoms with Crippen molar-refractivity contribution in [2.24, 2.45) is 0 Å². The minimum atomic E-state index is -0.658. The van der Waals surface area contributed by atoms with Gasteiger partial charge in [-0.1, -0.05) is 0 Å². The van der Waals surface area contributed by atoms with E-state index in [1.54, 1.807) is 0 Å². The van der Waals surface area contributed by atoms with Crippen LogP contribution in [-0.2, 0) is 14.3 Å². The number of hydrogen-bond acceptors (Lipinski definition) is 6. The molecule has 3 N–H and O–H groups in total. The first-order chi connectivity index (χ1) is 11.0. The van der Waals surface area contributed by atoms with Crippen molar-refractivity contribution in [3.63, 3.8) is 0 Å². The number of rotatable bonds is 3. The fourth-order valence-corrected chi connectivity index (χ4v) is 3.33. The van der Waals surface area contributed by atoms with Crippen molar-refractivity contribution >= 4 is 34.1 Å². The molecule has 0 radical (unpaired) electrons. The van der Waals surface area contributed by atoms with Crippen LogP contribution in [-0.4, -0.2) is 36.1 Å². The van der Waals surface area contributed by atoms with Gasteiger partial charge in [0.05, 0.1) is 5.56 Å². The highest BCUT2D eigenvalue weighted by molar-refractivity contribution is 7.17. The molecule has 0 bridgehead atoms. The lowest BCUT2D eigenvalue weighted by Crippen LogP contribution is -2.46. The summed E-state index contributed by atoms with van der Waals surface area (Å²) in [6.07, 6.45) is 0.941. The van der Waals surface area contributed by atoms with Crippen molar-refractivity contribution in [3.05, 3.63) is 16.5 Å². The summed E-state index contributed by atoms with van der Waals surface area (Å²) in [4.78, 5) is 36.0. The third-order valence-corrected chi connectivity index (χ3v) is 4.56. The van der Waals surface area contributed by atoms with Crippen molar-refractivity contribution in [2.45, 2.75) is 38.1 Å². The van der Waals surface area contributed by atoms with Crippen LogP contribution in [0.5, 0.6) is 0 Å². The second-order valence-corrected chi connectivity index (χ2v) is 6.41. The van der Waals surface area contributed by atoms with E-state index in [9.17, 15) is 14.4 Å². The summed E-state index contributed by atoms with van der Waals surface area (Å²) in [6, 6.07) is 2.69. The zero-order valence-electron chi connectivity index (χ0n) is 12.2. The molecular formula is C14H14N4O4S. The molecule has 3 atom stereocenters. The van der Waals surface area contributed by atoms with E-state index >= 15 is 0 Å². The highest BCUT2D eigenvalue weighted by atomic mass is 32.1. The second-order valence-electron chi connectivity index (χ2n) is 5.35. The molecule has 0 aliphatic carbocycles. The van der Waals surface area contributed by atoms with Gasteiger partial charge in [-0.3, -0.25) is 14.4 Å². The number of nitrogens with one attached hydrogen (secondary N) is 3. The topological polar surface area (TPSA) is 124 Å². The highest BCUT2D eigenvalue weighted by Crippen LogP contribution is 2.29. The maximum absolute atomic E-state index is 12.4. The Morgan fingerprint density at radius 1 is 1.48 bits per heavy atom. The van der Waals surface area contributed by atoms with E-state index in [0.29, 0.717) is 22.7 Å². The van der Waals surface area contributed by atoms with Gasteiger partial charge in [0, 0.05) is 6.92 Å². The minimum absolute atomic E-state index is 0.0298. The monoisotopic (exact) mass is 334 g/mol. The van der Waals surface area contributed by atoms with Crippen molar-refractivity contribution in [2.75, 3.05) is 5.32 Å². The number of nitriles is 1. The average Bonchev–Trinajstić information content (AvgIpc) is 3.12. The normalized spacial score (nSPS) is 25.4. The molecule has 2 aliphatic rings. The Labute approximate surface area is 135 Å². The van der Waals surface area contributed by atoms with E-state index in [1.165, 1.54) is 13.0 Å². The summed E-state index contributed by atoms with van der Waals surface area (Å²) in [5, 5.41) is 17.1. The second kappa shape index (κ2) is 5.98. The number of hydrogen-bond donors (Lipinski definition) is 3. The maximum Gasteiger partial charge on any atom is 0.254 e. The van der Waals surface area contributed by atoms with Gasteiger partial charge in [0.25, 0.3) is 5.91 Å². The first kappa shape index (κ1) is 15.5. The summed E-state index contributed by atoms with van der Waals surface area (Å²) < 4.78 is 5.22. The molecule has 2 fully saturated rings. The molecule has 9 heteroatoms. The first-order valence-electron chi connectivity index (χ1n) is 7.06. The summed E-state index contributed by atoms with van der Waals surface area (Å²) in [5.74, 6) is -1.13. The lowest BCUT2D eigenvalue weighted by molar-refractivity contribution is -0.123.